The summed E-state index contributed by atoms with van der Waals surface area (Å²) < 4.78 is 0. The molecular formula is C12H13ClO4. The topological polar surface area (TPSA) is 74.6 Å². The second-order valence-corrected chi connectivity index (χ2v) is 3.84. The Morgan fingerprint density at radius 3 is 2.53 bits per heavy atom. The van der Waals surface area contributed by atoms with E-state index in [1.54, 1.807) is 13.0 Å². The summed E-state index contributed by atoms with van der Waals surface area (Å²) in [6, 6.07) is 4.56. The molecule has 4 nitrogen and oxygen atoms in total. The Morgan fingerprint density at radius 1 is 1.41 bits per heavy atom. The number of carboxylic acid groups (broad SMARTS) is 1. The second-order valence-electron chi connectivity index (χ2n) is 3.57. The highest BCUT2D eigenvalue weighted by Gasteiger charge is 2.22. The Hall–Kier alpha value is -1.39. The van der Waals surface area contributed by atoms with Crippen molar-refractivity contribution in [2.75, 3.05) is 0 Å². The van der Waals surface area contributed by atoms with Crippen molar-refractivity contribution in [3.05, 3.63) is 34.9 Å². The first kappa shape index (κ1) is 13.7. The summed E-state index contributed by atoms with van der Waals surface area (Å²) in [5.41, 5.74) is 1.04. The molecule has 0 aliphatic rings. The SMILES string of the molecule is CCC(=O)c1cc(CCl)ccc1C(O)C(=O)O. The van der Waals surface area contributed by atoms with Gasteiger partial charge in [0.15, 0.2) is 11.9 Å². The van der Waals surface area contributed by atoms with E-state index in [0.717, 1.165) is 0 Å². The van der Waals surface area contributed by atoms with Gasteiger partial charge in [0.25, 0.3) is 0 Å². The molecule has 0 aliphatic carbocycles. The summed E-state index contributed by atoms with van der Waals surface area (Å²) >= 11 is 5.65. The first-order valence-corrected chi connectivity index (χ1v) is 5.67. The zero-order chi connectivity index (χ0) is 13.0. The van der Waals surface area contributed by atoms with Crippen molar-refractivity contribution >= 4 is 23.4 Å². The Morgan fingerprint density at radius 2 is 2.06 bits per heavy atom. The quantitative estimate of drug-likeness (QED) is 0.625. The molecule has 92 valence electrons. The molecule has 5 heteroatoms. The van der Waals surface area contributed by atoms with Gasteiger partial charge in [0.2, 0.25) is 0 Å². The van der Waals surface area contributed by atoms with E-state index in [-0.39, 0.29) is 29.2 Å². The second kappa shape index (κ2) is 5.80. The highest BCUT2D eigenvalue weighted by Crippen LogP contribution is 2.22. The van der Waals surface area contributed by atoms with Crippen molar-refractivity contribution in [2.24, 2.45) is 0 Å². The summed E-state index contributed by atoms with van der Waals surface area (Å²) in [5, 5.41) is 18.3. The first-order valence-electron chi connectivity index (χ1n) is 5.14. The van der Waals surface area contributed by atoms with Gasteiger partial charge in [-0.15, -0.1) is 11.6 Å². The molecule has 0 saturated heterocycles. The molecule has 1 unspecified atom stereocenters. The maximum absolute atomic E-state index is 11.7. The van der Waals surface area contributed by atoms with Crippen molar-refractivity contribution < 1.29 is 19.8 Å². The molecule has 1 aromatic rings. The number of carbonyl (C=O) groups is 2. The van der Waals surface area contributed by atoms with E-state index in [0.29, 0.717) is 5.56 Å². The summed E-state index contributed by atoms with van der Waals surface area (Å²) in [7, 11) is 0. The predicted octanol–water partition coefficient (Wildman–Crippen LogP) is 2.14. The maximum Gasteiger partial charge on any atom is 0.337 e. The average Bonchev–Trinajstić information content (AvgIpc) is 2.35. The van der Waals surface area contributed by atoms with Crippen LogP contribution in [0.5, 0.6) is 0 Å². The number of carboxylic acids is 1. The van der Waals surface area contributed by atoms with Crippen LogP contribution in [0.15, 0.2) is 18.2 Å². The number of aliphatic carboxylic acids is 1. The molecule has 0 saturated carbocycles. The largest absolute Gasteiger partial charge is 0.479 e. The van der Waals surface area contributed by atoms with Crippen molar-refractivity contribution in [3.8, 4) is 0 Å². The van der Waals surface area contributed by atoms with Gasteiger partial charge >= 0.3 is 5.97 Å². The van der Waals surface area contributed by atoms with Gasteiger partial charge < -0.3 is 10.2 Å². The van der Waals surface area contributed by atoms with Crippen LogP contribution in [0.1, 0.15) is 40.9 Å². The van der Waals surface area contributed by atoms with Crippen LogP contribution in [-0.4, -0.2) is 22.0 Å². The number of Topliss-reactive ketones (excluding diaryl/α,β-unsaturated/α-hetero) is 1. The molecule has 1 rings (SSSR count). The van der Waals surface area contributed by atoms with Crippen molar-refractivity contribution in [3.63, 3.8) is 0 Å². The van der Waals surface area contributed by atoms with Gasteiger partial charge in [0.1, 0.15) is 0 Å². The third-order valence-electron chi connectivity index (χ3n) is 2.42. The number of carbonyl (C=O) groups excluding carboxylic acids is 1. The Bertz CT molecular complexity index is 442. The fourth-order valence-corrected chi connectivity index (χ4v) is 1.66. The summed E-state index contributed by atoms with van der Waals surface area (Å²) in [6.07, 6.45) is -1.45. The zero-order valence-electron chi connectivity index (χ0n) is 9.31. The minimum atomic E-state index is -1.69. The Labute approximate surface area is 104 Å². The number of halogens is 1. The van der Waals surface area contributed by atoms with Gasteiger partial charge in [-0.25, -0.2) is 4.79 Å². The fourth-order valence-electron chi connectivity index (χ4n) is 1.49. The van der Waals surface area contributed by atoms with Crippen LogP contribution in [0.2, 0.25) is 0 Å². The van der Waals surface area contributed by atoms with Crippen LogP contribution in [0.4, 0.5) is 0 Å². The Balaban J connectivity index is 3.29. The van der Waals surface area contributed by atoms with E-state index >= 15 is 0 Å². The fraction of sp³-hybridized carbons (Fsp3) is 0.333. The van der Waals surface area contributed by atoms with Crippen LogP contribution in [0.3, 0.4) is 0 Å². The van der Waals surface area contributed by atoms with E-state index < -0.39 is 12.1 Å². The minimum absolute atomic E-state index is 0.109. The van der Waals surface area contributed by atoms with Gasteiger partial charge in [-0.2, -0.15) is 0 Å². The van der Waals surface area contributed by atoms with E-state index in [4.69, 9.17) is 16.7 Å². The number of rotatable bonds is 5. The van der Waals surface area contributed by atoms with Gasteiger partial charge in [-0.3, -0.25) is 4.79 Å². The molecule has 0 fully saturated rings. The number of hydrogen-bond donors (Lipinski definition) is 2. The van der Waals surface area contributed by atoms with Crippen molar-refractivity contribution in [1.29, 1.82) is 0 Å². The lowest BCUT2D eigenvalue weighted by atomic mass is 9.96. The number of aliphatic hydroxyl groups is 1. The highest BCUT2D eigenvalue weighted by molar-refractivity contribution is 6.17. The number of benzene rings is 1. The average molecular weight is 257 g/mol. The monoisotopic (exact) mass is 256 g/mol. The predicted molar refractivity (Wildman–Crippen MR) is 63.2 cm³/mol. The maximum atomic E-state index is 11.7. The molecule has 2 N–H and O–H groups in total. The van der Waals surface area contributed by atoms with Crippen LogP contribution >= 0.6 is 11.6 Å². The van der Waals surface area contributed by atoms with Crippen LogP contribution in [0.25, 0.3) is 0 Å². The van der Waals surface area contributed by atoms with Gasteiger partial charge in [-0.1, -0.05) is 19.1 Å². The minimum Gasteiger partial charge on any atom is -0.479 e. The van der Waals surface area contributed by atoms with Crippen LogP contribution in [-0.2, 0) is 10.7 Å². The normalized spacial score (nSPS) is 12.2. The molecule has 0 amide bonds. The zero-order valence-corrected chi connectivity index (χ0v) is 10.1. The van der Waals surface area contributed by atoms with E-state index in [1.807, 2.05) is 0 Å². The molecule has 0 spiro atoms. The van der Waals surface area contributed by atoms with Gasteiger partial charge in [0, 0.05) is 23.4 Å². The summed E-state index contributed by atoms with van der Waals surface area (Å²) in [6.45, 7) is 1.67. The number of alkyl halides is 1. The smallest absolute Gasteiger partial charge is 0.337 e. The molecule has 1 aromatic carbocycles. The molecule has 0 aliphatic heterocycles. The van der Waals surface area contributed by atoms with E-state index in [2.05, 4.69) is 0 Å². The molecule has 0 radical (unpaired) electrons. The molecule has 17 heavy (non-hydrogen) atoms. The first-order chi connectivity index (χ1) is 8.01. The standard InChI is InChI=1S/C12H13ClO4/c1-2-10(14)9-5-7(6-13)3-4-8(9)11(15)12(16)17/h3-5,11,15H,2,6H2,1H3,(H,16,17). The number of ketones is 1. The molecule has 1 atom stereocenters. The van der Waals surface area contributed by atoms with Gasteiger partial charge in [0.05, 0.1) is 0 Å². The third kappa shape index (κ3) is 3.05. The van der Waals surface area contributed by atoms with Crippen molar-refractivity contribution in [2.45, 2.75) is 25.3 Å². The molecule has 0 heterocycles. The highest BCUT2D eigenvalue weighted by atomic mass is 35.5. The lowest BCUT2D eigenvalue weighted by Crippen LogP contribution is -2.15. The summed E-state index contributed by atoms with van der Waals surface area (Å²) in [5.74, 6) is -1.37. The van der Waals surface area contributed by atoms with Crippen molar-refractivity contribution in [1.82, 2.24) is 0 Å². The van der Waals surface area contributed by atoms with Crippen LogP contribution < -0.4 is 0 Å². The van der Waals surface area contributed by atoms with Crippen LogP contribution in [0, 0.1) is 0 Å². The lowest BCUT2D eigenvalue weighted by Gasteiger charge is -2.12. The summed E-state index contributed by atoms with van der Waals surface area (Å²) in [4.78, 5) is 22.4. The van der Waals surface area contributed by atoms with Gasteiger partial charge in [-0.05, 0) is 11.6 Å². The molecular weight excluding hydrogens is 244 g/mol. The Kier molecular flexibility index (Phi) is 4.66. The molecule has 0 aromatic heterocycles. The van der Waals surface area contributed by atoms with E-state index in [1.165, 1.54) is 12.1 Å². The lowest BCUT2D eigenvalue weighted by molar-refractivity contribution is -0.146. The van der Waals surface area contributed by atoms with E-state index in [9.17, 15) is 14.7 Å². The third-order valence-corrected chi connectivity index (χ3v) is 2.73. The number of hydrogen-bond acceptors (Lipinski definition) is 3. The molecule has 0 bridgehead atoms. The number of aliphatic hydroxyl groups excluding tert-OH is 1.